The van der Waals surface area contributed by atoms with Crippen molar-refractivity contribution in [3.63, 3.8) is 0 Å². The molecule has 0 heterocycles. The maximum Gasteiger partial charge on any atom is 0.416 e. The van der Waals surface area contributed by atoms with Gasteiger partial charge in [0.1, 0.15) is 0 Å². The average molecular weight is 338 g/mol. The van der Waals surface area contributed by atoms with Gasteiger partial charge in [-0.15, -0.1) is 0 Å². The van der Waals surface area contributed by atoms with Gasteiger partial charge in [0, 0.05) is 18.4 Å². The van der Waals surface area contributed by atoms with Crippen LogP contribution in [0.3, 0.4) is 0 Å². The molecule has 2 rings (SSSR count). The first kappa shape index (κ1) is 18.4. The highest BCUT2D eigenvalue weighted by atomic mass is 19.4. The number of benzene rings is 2. The fraction of sp³-hybridized carbons (Fsp3) is 0.182. The molecule has 0 saturated carbocycles. The van der Waals surface area contributed by atoms with Gasteiger partial charge in [0.15, 0.2) is 0 Å². The second-order valence-corrected chi connectivity index (χ2v) is 5.30. The molecule has 0 N–H and O–H groups in total. The van der Waals surface area contributed by atoms with Crippen LogP contribution in [0, 0.1) is 23.7 Å². The van der Waals surface area contributed by atoms with E-state index >= 15 is 0 Å². The lowest BCUT2D eigenvalue weighted by Crippen LogP contribution is -2.03. The summed E-state index contributed by atoms with van der Waals surface area (Å²) >= 11 is 0. The van der Waals surface area contributed by atoms with Crippen molar-refractivity contribution >= 4 is 6.08 Å². The minimum absolute atomic E-state index is 0.646. The van der Waals surface area contributed by atoms with Crippen molar-refractivity contribution in [1.82, 2.24) is 0 Å². The fourth-order valence-electron chi connectivity index (χ4n) is 2.00. The maximum absolute atomic E-state index is 12.4. The van der Waals surface area contributed by atoms with Gasteiger partial charge in [-0.25, -0.2) is 0 Å². The van der Waals surface area contributed by atoms with Crippen LogP contribution in [0.5, 0.6) is 0 Å². The normalized spacial score (nSPS) is 10.7. The second kappa shape index (κ2) is 9.40. The Bertz CT molecular complexity index is 805. The fourth-order valence-corrected chi connectivity index (χ4v) is 2.00. The van der Waals surface area contributed by atoms with Crippen molar-refractivity contribution in [2.24, 2.45) is 0 Å². The molecule has 3 heteroatoms. The number of hydrogen-bond acceptors (Lipinski definition) is 0. The second-order valence-electron chi connectivity index (χ2n) is 5.30. The first-order valence-corrected chi connectivity index (χ1v) is 7.92. The molecule has 2 aromatic rings. The topological polar surface area (TPSA) is 0 Å². The number of unbranched alkanes of at least 4 members (excludes halogenated alkanes) is 2. The molecule has 126 valence electrons. The summed E-state index contributed by atoms with van der Waals surface area (Å²) in [5.41, 5.74) is 1.05. The number of halogens is 3. The first-order valence-electron chi connectivity index (χ1n) is 7.92. The average Bonchev–Trinajstić information content (AvgIpc) is 2.61. The van der Waals surface area contributed by atoms with Gasteiger partial charge in [-0.05, 0) is 48.4 Å². The number of alkyl halides is 3. The van der Waals surface area contributed by atoms with Crippen LogP contribution < -0.4 is 0 Å². The third kappa shape index (κ3) is 7.02. The molecule has 0 fully saturated rings. The summed E-state index contributed by atoms with van der Waals surface area (Å²) in [6.07, 6.45) is 1.46. The number of rotatable bonds is 3. The van der Waals surface area contributed by atoms with Gasteiger partial charge in [0.05, 0.1) is 5.56 Å². The smallest absolute Gasteiger partial charge is 0.166 e. The molecule has 0 spiro atoms. The number of hydrogen-bond donors (Lipinski definition) is 0. The zero-order chi connectivity index (χ0) is 18.0. The minimum atomic E-state index is -4.30. The Kier molecular flexibility index (Phi) is 6.93. The summed E-state index contributed by atoms with van der Waals surface area (Å²) in [5, 5.41) is 0. The monoisotopic (exact) mass is 338 g/mol. The predicted molar refractivity (Wildman–Crippen MR) is 95.4 cm³/mol. The Labute approximate surface area is 146 Å². The van der Waals surface area contributed by atoms with Crippen molar-refractivity contribution < 1.29 is 13.2 Å². The minimum Gasteiger partial charge on any atom is -0.166 e. The summed E-state index contributed by atoms with van der Waals surface area (Å²) in [6.45, 7) is 0. The van der Waals surface area contributed by atoms with E-state index in [1.54, 1.807) is 12.2 Å². The molecule has 0 radical (unpaired) electrons. The summed E-state index contributed by atoms with van der Waals surface area (Å²) in [4.78, 5) is 0. The molecular formula is C22H17F3. The van der Waals surface area contributed by atoms with E-state index in [9.17, 15) is 13.2 Å². The summed E-state index contributed by atoms with van der Waals surface area (Å²) in [5.74, 6) is 12.1. The Morgan fingerprint density at radius 1 is 0.840 bits per heavy atom. The highest BCUT2D eigenvalue weighted by Crippen LogP contribution is 2.29. The van der Waals surface area contributed by atoms with Crippen LogP contribution >= 0.6 is 0 Å². The van der Waals surface area contributed by atoms with Gasteiger partial charge in [-0.2, -0.15) is 13.2 Å². The van der Waals surface area contributed by atoms with Crippen LogP contribution in [-0.2, 0) is 6.18 Å². The lowest BCUT2D eigenvalue weighted by atomic mass is 10.1. The summed E-state index contributed by atoms with van der Waals surface area (Å²) in [6, 6.07) is 14.8. The molecule has 25 heavy (non-hydrogen) atoms. The van der Waals surface area contributed by atoms with Crippen molar-refractivity contribution in [2.45, 2.75) is 25.4 Å². The maximum atomic E-state index is 12.4. The quantitative estimate of drug-likeness (QED) is 0.480. The lowest BCUT2D eigenvalue weighted by Gasteiger charge is -2.05. The molecule has 0 atom stereocenters. The van der Waals surface area contributed by atoms with Crippen LogP contribution in [0.25, 0.3) is 6.08 Å². The van der Waals surface area contributed by atoms with E-state index in [0.717, 1.165) is 37.0 Å². The third-order valence-corrected chi connectivity index (χ3v) is 3.31. The van der Waals surface area contributed by atoms with E-state index in [-0.39, 0.29) is 0 Å². The van der Waals surface area contributed by atoms with Crippen LogP contribution in [0.1, 0.15) is 36.0 Å². The van der Waals surface area contributed by atoms with Crippen molar-refractivity contribution in [2.75, 3.05) is 0 Å². The van der Waals surface area contributed by atoms with Gasteiger partial charge in [0.25, 0.3) is 0 Å². The van der Waals surface area contributed by atoms with E-state index in [1.165, 1.54) is 12.1 Å². The first-order chi connectivity index (χ1) is 12.1. The Morgan fingerprint density at radius 2 is 1.52 bits per heavy atom. The molecule has 2 aromatic carbocycles. The molecule has 0 saturated heterocycles. The van der Waals surface area contributed by atoms with Crippen LogP contribution in [0.2, 0.25) is 0 Å². The highest BCUT2D eigenvalue weighted by Gasteiger charge is 2.29. The van der Waals surface area contributed by atoms with Gasteiger partial charge >= 0.3 is 6.18 Å². The van der Waals surface area contributed by atoms with Crippen LogP contribution in [-0.4, -0.2) is 0 Å². The predicted octanol–water partition coefficient (Wildman–Crippen LogP) is 5.94. The largest absolute Gasteiger partial charge is 0.416 e. The molecule has 0 unspecified atom stereocenters. The molecule has 0 aliphatic heterocycles. The molecule has 0 amide bonds. The molecule has 0 bridgehead atoms. The van der Waals surface area contributed by atoms with Crippen molar-refractivity contribution in [3.05, 3.63) is 77.4 Å². The molecular weight excluding hydrogens is 321 g/mol. The van der Waals surface area contributed by atoms with Crippen LogP contribution in [0.4, 0.5) is 13.2 Å². The van der Waals surface area contributed by atoms with E-state index in [1.807, 2.05) is 30.3 Å². The summed E-state index contributed by atoms with van der Waals surface area (Å²) < 4.78 is 37.3. The molecule has 0 aromatic heterocycles. The Morgan fingerprint density at radius 3 is 2.20 bits per heavy atom. The lowest BCUT2D eigenvalue weighted by molar-refractivity contribution is -0.137. The third-order valence-electron chi connectivity index (χ3n) is 3.31. The zero-order valence-electron chi connectivity index (χ0n) is 13.6. The van der Waals surface area contributed by atoms with Gasteiger partial charge < -0.3 is 0 Å². The van der Waals surface area contributed by atoms with Crippen molar-refractivity contribution in [3.8, 4) is 23.7 Å². The van der Waals surface area contributed by atoms with E-state index in [4.69, 9.17) is 0 Å². The highest BCUT2D eigenvalue weighted by molar-refractivity contribution is 5.53. The van der Waals surface area contributed by atoms with E-state index in [2.05, 4.69) is 23.7 Å². The molecule has 0 nitrogen and oxygen atoms in total. The SMILES string of the molecule is FC(F)(F)c1ccc(/C=C/C#CCCCC#Cc2ccccc2)cc1. The standard InChI is InChI=1S/C22H17F3/c23-22(24,25)21-17-15-20(16-18-21)14-8-5-3-1-2-4-7-11-19-12-9-6-10-13-19/h6,8-10,12-18H,1-2,4H2/b14-8+. The van der Waals surface area contributed by atoms with Crippen molar-refractivity contribution in [1.29, 1.82) is 0 Å². The van der Waals surface area contributed by atoms with E-state index < -0.39 is 11.7 Å². The summed E-state index contributed by atoms with van der Waals surface area (Å²) in [7, 11) is 0. The van der Waals surface area contributed by atoms with Gasteiger partial charge in [-0.1, -0.05) is 54.0 Å². The molecule has 0 aliphatic carbocycles. The van der Waals surface area contributed by atoms with Gasteiger partial charge in [-0.3, -0.25) is 0 Å². The zero-order valence-corrected chi connectivity index (χ0v) is 13.6. The van der Waals surface area contributed by atoms with Crippen LogP contribution in [0.15, 0.2) is 60.7 Å². The Balaban J connectivity index is 1.72. The van der Waals surface area contributed by atoms with E-state index in [0.29, 0.717) is 5.56 Å². The molecule has 0 aliphatic rings. The van der Waals surface area contributed by atoms with Gasteiger partial charge in [0.2, 0.25) is 0 Å². The number of allylic oxidation sites excluding steroid dienone is 1. The Hall–Kier alpha value is -2.91.